The van der Waals surface area contributed by atoms with E-state index in [1.54, 1.807) is 0 Å². The molecule has 0 aromatic heterocycles. The predicted molar refractivity (Wildman–Crippen MR) is 104 cm³/mol. The highest BCUT2D eigenvalue weighted by molar-refractivity contribution is 5.91. The zero-order valence-corrected chi connectivity index (χ0v) is 17.0. The van der Waals surface area contributed by atoms with Gasteiger partial charge in [-0.2, -0.15) is 0 Å². The predicted octanol–water partition coefficient (Wildman–Crippen LogP) is 2.66. The van der Waals surface area contributed by atoms with Crippen molar-refractivity contribution in [2.45, 2.75) is 91.0 Å². The van der Waals surface area contributed by atoms with Gasteiger partial charge in [0.15, 0.2) is 0 Å². The fourth-order valence-electron chi connectivity index (χ4n) is 3.16. The molecule has 3 amide bonds. The summed E-state index contributed by atoms with van der Waals surface area (Å²) in [5.74, 6) is -0.167. The lowest BCUT2D eigenvalue weighted by molar-refractivity contribution is -0.135. The Hall–Kier alpha value is -1.59. The van der Waals surface area contributed by atoms with Crippen molar-refractivity contribution >= 4 is 17.7 Å². The molecule has 150 valence electrons. The van der Waals surface area contributed by atoms with E-state index in [9.17, 15) is 14.4 Å². The molecule has 0 heterocycles. The van der Waals surface area contributed by atoms with Crippen molar-refractivity contribution in [3.05, 3.63) is 0 Å². The average molecular weight is 368 g/mol. The van der Waals surface area contributed by atoms with Crippen LogP contribution in [0.5, 0.6) is 0 Å². The first kappa shape index (κ1) is 22.5. The van der Waals surface area contributed by atoms with Crippen molar-refractivity contribution in [2.24, 2.45) is 5.41 Å². The molecule has 6 nitrogen and oxygen atoms in total. The first-order chi connectivity index (χ1) is 12.2. The van der Waals surface area contributed by atoms with Crippen LogP contribution in [0.4, 0.5) is 0 Å². The van der Waals surface area contributed by atoms with Crippen LogP contribution in [0.15, 0.2) is 0 Å². The maximum atomic E-state index is 12.7. The van der Waals surface area contributed by atoms with Crippen molar-refractivity contribution < 1.29 is 14.4 Å². The van der Waals surface area contributed by atoms with E-state index in [-0.39, 0.29) is 17.7 Å². The minimum absolute atomic E-state index is 0.0167. The molecule has 6 heteroatoms. The molecule has 3 N–H and O–H groups in total. The summed E-state index contributed by atoms with van der Waals surface area (Å²) in [6, 6.07) is 0. The highest BCUT2D eigenvalue weighted by Gasteiger charge is 2.40. The number of nitrogens with one attached hydrogen (secondary N) is 3. The third-order valence-electron chi connectivity index (χ3n) is 4.88. The molecule has 0 aromatic rings. The molecule has 0 aliphatic heterocycles. The van der Waals surface area contributed by atoms with Gasteiger partial charge in [0.2, 0.25) is 17.7 Å². The molecule has 26 heavy (non-hydrogen) atoms. The van der Waals surface area contributed by atoms with E-state index in [0.29, 0.717) is 38.8 Å². The van der Waals surface area contributed by atoms with Crippen molar-refractivity contribution in [2.75, 3.05) is 13.1 Å². The molecule has 0 unspecified atom stereocenters. The summed E-state index contributed by atoms with van der Waals surface area (Å²) in [5.41, 5.74) is -1.18. The third-order valence-corrected chi connectivity index (χ3v) is 4.88. The fraction of sp³-hybridized carbons (Fsp3) is 0.850. The van der Waals surface area contributed by atoms with E-state index in [0.717, 1.165) is 32.1 Å². The second kappa shape index (κ2) is 10.5. The van der Waals surface area contributed by atoms with E-state index >= 15 is 0 Å². The first-order valence-corrected chi connectivity index (χ1v) is 10.1. The standard InChI is InChI=1S/C20H37N3O3/c1-5-6-14-22-18(26)20(12-8-7-9-13-20)23-16(24)11-10-15-21-17(25)19(2,3)4/h5-15H2,1-4H3,(H,21,25)(H,22,26)(H,23,24). The number of rotatable bonds is 9. The normalized spacial score (nSPS) is 16.6. The molecule has 1 aliphatic carbocycles. The lowest BCUT2D eigenvalue weighted by Crippen LogP contribution is -2.59. The van der Waals surface area contributed by atoms with Gasteiger partial charge in [0, 0.05) is 24.9 Å². The summed E-state index contributed by atoms with van der Waals surface area (Å²) >= 11 is 0. The Bertz CT molecular complexity index is 477. The molecule has 1 rings (SSSR count). The van der Waals surface area contributed by atoms with Crippen LogP contribution < -0.4 is 16.0 Å². The second-order valence-electron chi connectivity index (χ2n) is 8.41. The molecular formula is C20H37N3O3. The van der Waals surface area contributed by atoms with Crippen molar-refractivity contribution in [1.82, 2.24) is 16.0 Å². The Labute approximate surface area is 158 Å². The molecule has 0 bridgehead atoms. The zero-order chi connectivity index (χ0) is 19.6. The van der Waals surface area contributed by atoms with Gasteiger partial charge in [0.05, 0.1) is 0 Å². The largest absolute Gasteiger partial charge is 0.356 e. The van der Waals surface area contributed by atoms with Crippen LogP contribution >= 0.6 is 0 Å². The summed E-state index contributed by atoms with van der Waals surface area (Å²) < 4.78 is 0. The summed E-state index contributed by atoms with van der Waals surface area (Å²) in [7, 11) is 0. The van der Waals surface area contributed by atoms with Crippen LogP contribution in [0.2, 0.25) is 0 Å². The van der Waals surface area contributed by atoms with Gasteiger partial charge in [-0.25, -0.2) is 0 Å². The Morgan fingerprint density at radius 1 is 0.923 bits per heavy atom. The van der Waals surface area contributed by atoms with Crippen molar-refractivity contribution in [3.63, 3.8) is 0 Å². The molecule has 0 aromatic carbocycles. The van der Waals surface area contributed by atoms with E-state index in [1.807, 2.05) is 20.8 Å². The number of carbonyl (C=O) groups excluding carboxylic acids is 3. The number of amides is 3. The second-order valence-corrected chi connectivity index (χ2v) is 8.41. The smallest absolute Gasteiger partial charge is 0.245 e. The van der Waals surface area contributed by atoms with Crippen LogP contribution in [0.1, 0.15) is 85.5 Å². The van der Waals surface area contributed by atoms with Crippen LogP contribution in [0, 0.1) is 5.41 Å². The monoisotopic (exact) mass is 367 g/mol. The van der Waals surface area contributed by atoms with Crippen LogP contribution in [0.3, 0.4) is 0 Å². The van der Waals surface area contributed by atoms with E-state index < -0.39 is 11.0 Å². The minimum atomic E-state index is -0.752. The van der Waals surface area contributed by atoms with E-state index in [1.165, 1.54) is 0 Å². The average Bonchev–Trinajstić information content (AvgIpc) is 2.58. The molecule has 0 saturated heterocycles. The molecule has 0 radical (unpaired) electrons. The van der Waals surface area contributed by atoms with Crippen LogP contribution in [-0.2, 0) is 14.4 Å². The van der Waals surface area contributed by atoms with Gasteiger partial charge in [0.1, 0.15) is 5.54 Å². The molecule has 1 saturated carbocycles. The van der Waals surface area contributed by atoms with Gasteiger partial charge in [-0.15, -0.1) is 0 Å². The Morgan fingerprint density at radius 3 is 2.12 bits per heavy atom. The molecular weight excluding hydrogens is 330 g/mol. The molecule has 1 fully saturated rings. The Morgan fingerprint density at radius 2 is 1.54 bits per heavy atom. The van der Waals surface area contributed by atoms with Gasteiger partial charge in [-0.05, 0) is 25.7 Å². The number of carbonyl (C=O) groups is 3. The van der Waals surface area contributed by atoms with Crippen molar-refractivity contribution in [3.8, 4) is 0 Å². The topological polar surface area (TPSA) is 87.3 Å². The first-order valence-electron chi connectivity index (χ1n) is 10.1. The van der Waals surface area contributed by atoms with Crippen LogP contribution in [0.25, 0.3) is 0 Å². The quantitative estimate of drug-likeness (QED) is 0.548. The maximum Gasteiger partial charge on any atom is 0.245 e. The lowest BCUT2D eigenvalue weighted by atomic mass is 9.80. The third kappa shape index (κ3) is 7.34. The Kier molecular flexibility index (Phi) is 9.09. The summed E-state index contributed by atoms with van der Waals surface area (Å²) in [6.07, 6.45) is 7.30. The molecule has 0 spiro atoms. The van der Waals surface area contributed by atoms with Gasteiger partial charge >= 0.3 is 0 Å². The fourth-order valence-corrected chi connectivity index (χ4v) is 3.16. The SMILES string of the molecule is CCCCNC(=O)C1(NC(=O)CCCNC(=O)C(C)(C)C)CCCCC1. The lowest BCUT2D eigenvalue weighted by Gasteiger charge is -2.36. The maximum absolute atomic E-state index is 12.7. The van der Waals surface area contributed by atoms with Crippen molar-refractivity contribution in [1.29, 1.82) is 0 Å². The highest BCUT2D eigenvalue weighted by atomic mass is 16.2. The molecule has 1 aliphatic rings. The Balaban J connectivity index is 2.48. The number of hydrogen-bond donors (Lipinski definition) is 3. The van der Waals surface area contributed by atoms with Gasteiger partial charge < -0.3 is 16.0 Å². The summed E-state index contributed by atoms with van der Waals surface area (Å²) in [6.45, 7) is 8.80. The number of unbranched alkanes of at least 4 members (excludes halogenated alkanes) is 1. The zero-order valence-electron chi connectivity index (χ0n) is 17.0. The van der Waals surface area contributed by atoms with E-state index in [4.69, 9.17) is 0 Å². The minimum Gasteiger partial charge on any atom is -0.356 e. The highest BCUT2D eigenvalue weighted by Crippen LogP contribution is 2.28. The van der Waals surface area contributed by atoms with Gasteiger partial charge in [0.25, 0.3) is 0 Å². The van der Waals surface area contributed by atoms with Gasteiger partial charge in [-0.3, -0.25) is 14.4 Å². The molecule has 0 atom stereocenters. The number of hydrogen-bond acceptors (Lipinski definition) is 3. The van der Waals surface area contributed by atoms with E-state index in [2.05, 4.69) is 22.9 Å². The van der Waals surface area contributed by atoms with Gasteiger partial charge in [-0.1, -0.05) is 53.4 Å². The summed E-state index contributed by atoms with van der Waals surface area (Å²) in [4.78, 5) is 36.9. The summed E-state index contributed by atoms with van der Waals surface area (Å²) in [5, 5.41) is 8.85. The van der Waals surface area contributed by atoms with Crippen LogP contribution in [-0.4, -0.2) is 36.3 Å².